The van der Waals surface area contributed by atoms with Gasteiger partial charge in [0.15, 0.2) is 9.84 Å². The molecule has 0 aliphatic carbocycles. The molecule has 2 aromatic heterocycles. The maximum absolute atomic E-state index is 13.8. The summed E-state index contributed by atoms with van der Waals surface area (Å²) in [6, 6.07) is 4.45. The normalized spacial score (nSPS) is 13.5. The van der Waals surface area contributed by atoms with Crippen LogP contribution in [0.25, 0.3) is 22.0 Å². The summed E-state index contributed by atoms with van der Waals surface area (Å²) in [6.45, 7) is -2.10. The molecule has 180 valence electrons. The highest BCUT2D eigenvalue weighted by atomic mass is 32.2. The SMILES string of the molecule is Cn1ccc2c(-c3cc(S(C)(=O)=O)ccc3NCC(F)(F)C(F)(F)C(F)(F)F)c[nH]c2c1=O. The van der Waals surface area contributed by atoms with E-state index in [2.05, 4.69) is 4.98 Å². The smallest absolute Gasteiger partial charge is 0.378 e. The van der Waals surface area contributed by atoms with Gasteiger partial charge < -0.3 is 14.9 Å². The fraction of sp³-hybridized carbons (Fsp3) is 0.316. The Hall–Kier alpha value is -3.03. The second kappa shape index (κ2) is 7.78. The summed E-state index contributed by atoms with van der Waals surface area (Å²) in [4.78, 5) is 14.7. The number of fused-ring (bicyclic) bond motifs is 1. The first-order valence-electron chi connectivity index (χ1n) is 9.05. The number of halogens is 7. The third kappa shape index (κ3) is 4.30. The van der Waals surface area contributed by atoms with Crippen LogP contribution >= 0.6 is 0 Å². The largest absolute Gasteiger partial charge is 0.459 e. The lowest BCUT2D eigenvalue weighted by Gasteiger charge is -2.28. The lowest BCUT2D eigenvalue weighted by atomic mass is 10.0. The number of nitrogens with one attached hydrogen (secondary N) is 2. The van der Waals surface area contributed by atoms with Crippen LogP contribution < -0.4 is 10.9 Å². The van der Waals surface area contributed by atoms with Crippen molar-refractivity contribution in [3.8, 4) is 11.1 Å². The predicted octanol–water partition coefficient (Wildman–Crippen LogP) is 4.18. The molecule has 0 radical (unpaired) electrons. The standard InChI is InChI=1S/C19H16F7N3O3S/c1-29-6-5-11-13(8-27-15(11)16(29)30)12-7-10(33(2,31)32)3-4-14(12)28-9-17(20,21)18(22,23)19(24,25)26/h3-8,27-28H,9H2,1-2H3. The molecule has 0 unspecified atom stereocenters. The van der Waals surface area contributed by atoms with E-state index in [1.807, 2.05) is 5.32 Å². The maximum Gasteiger partial charge on any atom is 0.459 e. The highest BCUT2D eigenvalue weighted by molar-refractivity contribution is 7.90. The molecular formula is C19H16F7N3O3S. The molecule has 0 saturated carbocycles. The van der Waals surface area contributed by atoms with Crippen molar-refractivity contribution in [2.24, 2.45) is 7.05 Å². The number of pyridine rings is 1. The van der Waals surface area contributed by atoms with E-state index < -0.39 is 40.0 Å². The van der Waals surface area contributed by atoms with E-state index in [-0.39, 0.29) is 32.6 Å². The number of anilines is 1. The zero-order chi connectivity index (χ0) is 25.0. The van der Waals surface area contributed by atoms with E-state index in [0.29, 0.717) is 0 Å². The Kier molecular flexibility index (Phi) is 5.80. The minimum atomic E-state index is -6.49. The van der Waals surface area contributed by atoms with Gasteiger partial charge in [-0.3, -0.25) is 4.79 Å². The molecule has 0 atom stereocenters. The van der Waals surface area contributed by atoms with Crippen molar-refractivity contribution in [1.82, 2.24) is 9.55 Å². The van der Waals surface area contributed by atoms with E-state index in [9.17, 15) is 43.9 Å². The Bertz CT molecular complexity index is 1380. The zero-order valence-corrected chi connectivity index (χ0v) is 17.7. The fourth-order valence-electron chi connectivity index (χ4n) is 3.09. The monoisotopic (exact) mass is 499 g/mol. The topological polar surface area (TPSA) is 84.0 Å². The van der Waals surface area contributed by atoms with E-state index in [4.69, 9.17) is 0 Å². The van der Waals surface area contributed by atoms with E-state index in [0.717, 1.165) is 24.5 Å². The summed E-state index contributed by atoms with van der Waals surface area (Å²) < 4.78 is 117. The molecule has 6 nitrogen and oxygen atoms in total. The number of alkyl halides is 7. The molecule has 3 aromatic rings. The lowest BCUT2D eigenvalue weighted by molar-refractivity contribution is -0.350. The van der Waals surface area contributed by atoms with Crippen molar-refractivity contribution in [2.45, 2.75) is 22.9 Å². The van der Waals surface area contributed by atoms with Crippen molar-refractivity contribution in [3.05, 3.63) is 47.0 Å². The number of rotatable bonds is 6. The average molecular weight is 499 g/mol. The molecule has 2 N–H and O–H groups in total. The number of aromatic amines is 1. The number of benzene rings is 1. The molecule has 2 heterocycles. The molecule has 0 bridgehead atoms. The molecule has 14 heteroatoms. The van der Waals surface area contributed by atoms with E-state index in [1.54, 1.807) is 0 Å². The highest BCUT2D eigenvalue weighted by Crippen LogP contribution is 2.46. The summed E-state index contributed by atoms with van der Waals surface area (Å²) in [5.41, 5.74) is -0.699. The van der Waals surface area contributed by atoms with Gasteiger partial charge in [-0.05, 0) is 24.3 Å². The molecule has 0 saturated heterocycles. The molecule has 0 aliphatic rings. The Morgan fingerprint density at radius 3 is 2.24 bits per heavy atom. The van der Waals surface area contributed by atoms with Crippen molar-refractivity contribution in [1.29, 1.82) is 0 Å². The average Bonchev–Trinajstić information content (AvgIpc) is 3.12. The highest BCUT2D eigenvalue weighted by Gasteiger charge is 2.72. The Labute approximate surface area is 181 Å². The van der Waals surface area contributed by atoms with Gasteiger partial charge in [0, 0.05) is 47.9 Å². The van der Waals surface area contributed by atoms with Gasteiger partial charge in [-0.15, -0.1) is 0 Å². The predicted molar refractivity (Wildman–Crippen MR) is 107 cm³/mol. The van der Waals surface area contributed by atoms with Crippen LogP contribution in [-0.4, -0.2) is 48.8 Å². The number of sulfone groups is 1. The quantitative estimate of drug-likeness (QED) is 0.499. The van der Waals surface area contributed by atoms with Crippen LogP contribution in [0.1, 0.15) is 0 Å². The Morgan fingerprint density at radius 1 is 1.03 bits per heavy atom. The molecule has 0 amide bonds. The van der Waals surface area contributed by atoms with Gasteiger partial charge in [0.1, 0.15) is 5.52 Å². The summed E-state index contributed by atoms with van der Waals surface area (Å²) in [5.74, 6) is -11.8. The van der Waals surface area contributed by atoms with Gasteiger partial charge in [0.05, 0.1) is 11.4 Å². The van der Waals surface area contributed by atoms with Gasteiger partial charge in [-0.2, -0.15) is 30.7 Å². The van der Waals surface area contributed by atoms with Crippen LogP contribution in [-0.2, 0) is 16.9 Å². The minimum absolute atomic E-state index is 0.0830. The number of hydrogen-bond acceptors (Lipinski definition) is 4. The van der Waals surface area contributed by atoms with Crippen LogP contribution in [0, 0.1) is 0 Å². The molecular weight excluding hydrogens is 483 g/mol. The maximum atomic E-state index is 13.8. The first-order valence-corrected chi connectivity index (χ1v) is 10.9. The fourth-order valence-corrected chi connectivity index (χ4v) is 3.74. The molecule has 1 aromatic carbocycles. The number of aryl methyl sites for hydroxylation is 1. The minimum Gasteiger partial charge on any atom is -0.378 e. The molecule has 33 heavy (non-hydrogen) atoms. The number of nitrogens with zero attached hydrogens (tertiary/aromatic N) is 1. The van der Waals surface area contributed by atoms with Crippen LogP contribution in [0.5, 0.6) is 0 Å². The van der Waals surface area contributed by atoms with Crippen molar-refractivity contribution in [2.75, 3.05) is 18.1 Å². The second-order valence-electron chi connectivity index (χ2n) is 7.33. The van der Waals surface area contributed by atoms with Gasteiger partial charge >= 0.3 is 18.0 Å². The summed E-state index contributed by atoms with van der Waals surface area (Å²) in [6.07, 6.45) is -2.98. The van der Waals surface area contributed by atoms with Gasteiger partial charge in [0.25, 0.3) is 5.56 Å². The van der Waals surface area contributed by atoms with Gasteiger partial charge in [-0.1, -0.05) is 0 Å². The number of H-pyrrole nitrogens is 1. The lowest BCUT2D eigenvalue weighted by Crippen LogP contribution is -2.55. The van der Waals surface area contributed by atoms with Gasteiger partial charge in [0.2, 0.25) is 0 Å². The third-order valence-corrected chi connectivity index (χ3v) is 6.06. The van der Waals surface area contributed by atoms with E-state index >= 15 is 0 Å². The first kappa shape index (κ1) is 24.6. The van der Waals surface area contributed by atoms with Crippen molar-refractivity contribution < 1.29 is 39.2 Å². The molecule has 0 fully saturated rings. The molecule has 3 rings (SSSR count). The number of hydrogen-bond donors (Lipinski definition) is 2. The van der Waals surface area contributed by atoms with Crippen LogP contribution in [0.4, 0.5) is 36.4 Å². The van der Waals surface area contributed by atoms with Crippen LogP contribution in [0.3, 0.4) is 0 Å². The zero-order valence-electron chi connectivity index (χ0n) is 16.9. The Morgan fingerprint density at radius 2 is 1.67 bits per heavy atom. The summed E-state index contributed by atoms with van der Waals surface area (Å²) >= 11 is 0. The molecule has 0 aliphatic heterocycles. The Balaban J connectivity index is 2.13. The van der Waals surface area contributed by atoms with Gasteiger partial charge in [-0.25, -0.2) is 8.42 Å². The second-order valence-corrected chi connectivity index (χ2v) is 9.35. The summed E-state index contributed by atoms with van der Waals surface area (Å²) in [7, 11) is -2.35. The third-order valence-electron chi connectivity index (χ3n) is 4.94. The van der Waals surface area contributed by atoms with Crippen molar-refractivity contribution in [3.63, 3.8) is 0 Å². The number of aromatic nitrogens is 2. The molecule has 0 spiro atoms. The summed E-state index contributed by atoms with van der Waals surface area (Å²) in [5, 5.41) is 2.12. The van der Waals surface area contributed by atoms with Crippen LogP contribution in [0.2, 0.25) is 0 Å². The van der Waals surface area contributed by atoms with E-state index in [1.165, 1.54) is 30.1 Å². The van der Waals surface area contributed by atoms with Crippen molar-refractivity contribution >= 4 is 26.4 Å². The van der Waals surface area contributed by atoms with Crippen LogP contribution in [0.15, 0.2) is 46.3 Å². The first-order chi connectivity index (χ1) is 15.0.